The fraction of sp³-hybridized carbons (Fsp3) is 0.308. The summed E-state index contributed by atoms with van der Waals surface area (Å²) in [6, 6.07) is 4.89. The van der Waals surface area contributed by atoms with E-state index in [4.69, 9.17) is 0 Å². The van der Waals surface area contributed by atoms with E-state index < -0.39 is 11.7 Å². The lowest BCUT2D eigenvalue weighted by Gasteiger charge is -2.21. The van der Waals surface area contributed by atoms with Gasteiger partial charge in [-0.2, -0.15) is 8.78 Å². The molecule has 0 fully saturated rings. The number of hydrogen-bond donors (Lipinski definition) is 0. The van der Waals surface area contributed by atoms with Crippen LogP contribution >= 0.6 is 0 Å². The second-order valence-electron chi connectivity index (χ2n) is 4.27. The van der Waals surface area contributed by atoms with Gasteiger partial charge in [-0.3, -0.25) is 4.79 Å². The first kappa shape index (κ1) is 11.0. The number of carbonyl (C=O) groups excluding carboxylic acids is 1. The van der Waals surface area contributed by atoms with Crippen molar-refractivity contribution in [3.8, 4) is 0 Å². The summed E-state index contributed by atoms with van der Waals surface area (Å²) >= 11 is 0. The highest BCUT2D eigenvalue weighted by atomic mass is 19.3. The largest absolute Gasteiger partial charge is 0.334 e. The van der Waals surface area contributed by atoms with Crippen LogP contribution in [0.2, 0.25) is 0 Å². The number of carbonyl (C=O) groups is 1. The molecule has 1 aliphatic rings. The first-order chi connectivity index (χ1) is 7.43. The molecule has 0 heterocycles. The number of benzene rings is 1. The summed E-state index contributed by atoms with van der Waals surface area (Å²) in [6.07, 6.45) is 2.39. The zero-order valence-corrected chi connectivity index (χ0v) is 9.13. The summed E-state index contributed by atoms with van der Waals surface area (Å²) in [5, 5.41) is 0. The Morgan fingerprint density at radius 1 is 1.19 bits per heavy atom. The van der Waals surface area contributed by atoms with Gasteiger partial charge in [0.05, 0.1) is 0 Å². The maximum Gasteiger partial charge on any atom is 0.334 e. The van der Waals surface area contributed by atoms with Gasteiger partial charge in [-0.1, -0.05) is 32.1 Å². The Hall–Kier alpha value is -1.51. The molecule has 0 amide bonds. The quantitative estimate of drug-likeness (QED) is 0.710. The van der Waals surface area contributed by atoms with E-state index in [1.54, 1.807) is 6.07 Å². The van der Waals surface area contributed by atoms with Crippen LogP contribution < -0.4 is 0 Å². The number of alkyl halides is 2. The zero-order valence-electron chi connectivity index (χ0n) is 9.13. The minimum Gasteiger partial charge on any atom is -0.288 e. The van der Waals surface area contributed by atoms with Crippen LogP contribution in [-0.4, -0.2) is 5.78 Å². The van der Waals surface area contributed by atoms with Crippen LogP contribution in [0.1, 0.15) is 36.5 Å². The van der Waals surface area contributed by atoms with Crippen molar-refractivity contribution in [3.05, 3.63) is 41.0 Å². The average molecular weight is 222 g/mol. The summed E-state index contributed by atoms with van der Waals surface area (Å²) < 4.78 is 27.3. The molecule has 0 spiro atoms. The third-order valence-electron chi connectivity index (χ3n) is 2.81. The third kappa shape index (κ3) is 1.56. The summed E-state index contributed by atoms with van der Waals surface area (Å²) in [4.78, 5) is 11.1. The van der Waals surface area contributed by atoms with E-state index in [1.807, 2.05) is 19.9 Å². The van der Waals surface area contributed by atoms with Crippen molar-refractivity contribution >= 4 is 11.9 Å². The highest BCUT2D eigenvalue weighted by Crippen LogP contribution is 2.37. The molecule has 1 aromatic rings. The molecule has 3 heteroatoms. The van der Waals surface area contributed by atoms with Gasteiger partial charge in [0.25, 0.3) is 0 Å². The fourth-order valence-electron chi connectivity index (χ4n) is 1.75. The van der Waals surface area contributed by atoms with Gasteiger partial charge in [0.2, 0.25) is 5.78 Å². The van der Waals surface area contributed by atoms with E-state index in [-0.39, 0.29) is 11.5 Å². The summed E-state index contributed by atoms with van der Waals surface area (Å²) in [5.74, 6) is -4.35. The number of rotatable bonds is 1. The van der Waals surface area contributed by atoms with Gasteiger partial charge < -0.3 is 0 Å². The maximum atomic E-state index is 13.6. The normalized spacial score (nSPS) is 17.7. The number of fused-ring (bicyclic) bond motifs is 1. The number of halogens is 2. The van der Waals surface area contributed by atoms with E-state index >= 15 is 0 Å². The average Bonchev–Trinajstić information content (AvgIpc) is 2.23. The predicted octanol–water partition coefficient (Wildman–Crippen LogP) is 3.50. The lowest BCUT2D eigenvalue weighted by atomic mass is 9.89. The number of hydrogen-bond acceptors (Lipinski definition) is 1. The molecule has 0 bridgehead atoms. The van der Waals surface area contributed by atoms with Crippen LogP contribution in [0.5, 0.6) is 0 Å². The van der Waals surface area contributed by atoms with Crippen LogP contribution in [0.15, 0.2) is 24.3 Å². The molecule has 1 aromatic carbocycles. The van der Waals surface area contributed by atoms with Gasteiger partial charge >= 0.3 is 5.92 Å². The van der Waals surface area contributed by atoms with Crippen LogP contribution in [-0.2, 0) is 10.7 Å². The van der Waals surface area contributed by atoms with Crippen molar-refractivity contribution in [2.45, 2.75) is 25.7 Å². The van der Waals surface area contributed by atoms with Crippen molar-refractivity contribution in [2.24, 2.45) is 0 Å². The van der Waals surface area contributed by atoms with Crippen LogP contribution in [0.4, 0.5) is 8.78 Å². The monoisotopic (exact) mass is 222 g/mol. The van der Waals surface area contributed by atoms with Crippen LogP contribution in [0, 0.1) is 0 Å². The Morgan fingerprint density at radius 2 is 1.88 bits per heavy atom. The highest BCUT2D eigenvalue weighted by molar-refractivity contribution is 6.02. The summed E-state index contributed by atoms with van der Waals surface area (Å²) in [7, 11) is 0. The Balaban J connectivity index is 2.61. The molecule has 1 nitrogen and oxygen atoms in total. The first-order valence-corrected chi connectivity index (χ1v) is 5.17. The second kappa shape index (κ2) is 3.51. The molecule has 0 saturated carbocycles. The van der Waals surface area contributed by atoms with E-state index in [0.29, 0.717) is 5.56 Å². The van der Waals surface area contributed by atoms with Crippen molar-refractivity contribution in [2.75, 3.05) is 0 Å². The molecule has 0 aromatic heterocycles. The van der Waals surface area contributed by atoms with Crippen molar-refractivity contribution in [1.29, 1.82) is 0 Å². The minimum atomic E-state index is -3.38. The molecule has 1 aliphatic carbocycles. The van der Waals surface area contributed by atoms with Crippen molar-refractivity contribution in [3.63, 3.8) is 0 Å². The molecule has 16 heavy (non-hydrogen) atoms. The van der Waals surface area contributed by atoms with Crippen molar-refractivity contribution < 1.29 is 13.6 Å². The van der Waals surface area contributed by atoms with Gasteiger partial charge in [-0.15, -0.1) is 0 Å². The Kier molecular flexibility index (Phi) is 2.41. The summed E-state index contributed by atoms with van der Waals surface area (Å²) in [6.45, 7) is 3.86. The molecule has 0 atom stereocenters. The second-order valence-corrected chi connectivity index (χ2v) is 4.27. The van der Waals surface area contributed by atoms with Crippen LogP contribution in [0.25, 0.3) is 6.08 Å². The van der Waals surface area contributed by atoms with Gasteiger partial charge in [0.15, 0.2) is 0 Å². The molecule has 0 saturated heterocycles. The molecular formula is C13H12F2O. The van der Waals surface area contributed by atoms with Gasteiger partial charge in [-0.25, -0.2) is 0 Å². The summed E-state index contributed by atoms with van der Waals surface area (Å²) in [5.41, 5.74) is 1.07. The molecule has 0 radical (unpaired) electrons. The van der Waals surface area contributed by atoms with E-state index in [2.05, 4.69) is 0 Å². The molecule has 0 N–H and O–H groups in total. The number of ketones is 1. The predicted molar refractivity (Wildman–Crippen MR) is 58.5 cm³/mol. The molecule has 84 valence electrons. The Bertz CT molecular complexity index is 473. The third-order valence-corrected chi connectivity index (χ3v) is 2.81. The molecule has 0 aliphatic heterocycles. The van der Waals surface area contributed by atoms with E-state index in [0.717, 1.165) is 11.6 Å². The van der Waals surface area contributed by atoms with Crippen LogP contribution in [0.3, 0.4) is 0 Å². The molecular weight excluding hydrogens is 210 g/mol. The van der Waals surface area contributed by atoms with Crippen molar-refractivity contribution in [1.82, 2.24) is 0 Å². The fourth-order valence-corrected chi connectivity index (χ4v) is 1.75. The van der Waals surface area contributed by atoms with Gasteiger partial charge in [0, 0.05) is 5.56 Å². The standard InChI is InChI=1S/C13H12F2O/c1-8(2)10-4-3-9-5-6-12(16)13(14,15)11(9)7-10/h3-8H,1-2H3. The minimum absolute atomic E-state index is 0.169. The maximum absolute atomic E-state index is 13.6. The Labute approximate surface area is 92.8 Å². The Morgan fingerprint density at radius 3 is 2.50 bits per heavy atom. The lowest BCUT2D eigenvalue weighted by Crippen LogP contribution is -2.27. The zero-order chi connectivity index (χ0) is 11.9. The van der Waals surface area contributed by atoms with Gasteiger partial charge in [0.1, 0.15) is 0 Å². The topological polar surface area (TPSA) is 17.1 Å². The molecule has 0 unspecified atom stereocenters. The smallest absolute Gasteiger partial charge is 0.288 e. The highest BCUT2D eigenvalue weighted by Gasteiger charge is 2.42. The number of allylic oxidation sites excluding steroid dienone is 1. The van der Waals surface area contributed by atoms with Gasteiger partial charge in [-0.05, 0) is 29.2 Å². The molecule has 2 rings (SSSR count). The van der Waals surface area contributed by atoms with E-state index in [9.17, 15) is 13.6 Å². The SMILES string of the molecule is CC(C)c1ccc2c(c1)C(F)(F)C(=O)C=C2. The van der Waals surface area contributed by atoms with E-state index in [1.165, 1.54) is 12.1 Å². The first-order valence-electron chi connectivity index (χ1n) is 5.17. The lowest BCUT2D eigenvalue weighted by molar-refractivity contribution is -0.139.